The quantitative estimate of drug-likeness (QED) is 0.339. The number of phenolic OH excluding ortho intramolecular Hbond substituents is 1. The number of anilines is 2. The molecule has 0 aliphatic carbocycles. The average molecular weight is 486 g/mol. The number of nitrogens with zero attached hydrogens (tertiary/aromatic N) is 1. The molecular formula is C20H15Cl3N2O4S. The Kier molecular flexibility index (Phi) is 7.10. The van der Waals surface area contributed by atoms with E-state index in [-0.39, 0.29) is 33.0 Å². The molecule has 2 N–H and O–H groups in total. The Morgan fingerprint density at radius 2 is 1.70 bits per heavy atom. The summed E-state index contributed by atoms with van der Waals surface area (Å²) in [6, 6.07) is 13.4. The Morgan fingerprint density at radius 1 is 1.00 bits per heavy atom. The SMILES string of the molecule is COc1ccc(NC(=O)N(S)c2cc(Oc3ccc(Cl)cc3Cl)c(O)cc2Cl)cc1. The summed E-state index contributed by atoms with van der Waals surface area (Å²) < 4.78 is 11.7. The van der Waals surface area contributed by atoms with Crippen molar-refractivity contribution in [3.63, 3.8) is 0 Å². The highest BCUT2D eigenvalue weighted by molar-refractivity contribution is 7.82. The summed E-state index contributed by atoms with van der Waals surface area (Å²) in [5.74, 6) is 0.694. The van der Waals surface area contributed by atoms with Gasteiger partial charge in [-0.05, 0) is 42.5 Å². The third kappa shape index (κ3) is 5.17. The lowest BCUT2D eigenvalue weighted by Crippen LogP contribution is -2.27. The number of hydrogen-bond acceptors (Lipinski definition) is 5. The lowest BCUT2D eigenvalue weighted by atomic mass is 10.2. The molecule has 0 spiro atoms. The summed E-state index contributed by atoms with van der Waals surface area (Å²) >= 11 is 22.4. The number of halogens is 3. The Balaban J connectivity index is 1.83. The normalized spacial score (nSPS) is 10.4. The van der Waals surface area contributed by atoms with Gasteiger partial charge in [0.2, 0.25) is 0 Å². The molecule has 30 heavy (non-hydrogen) atoms. The van der Waals surface area contributed by atoms with Crippen LogP contribution in [0.25, 0.3) is 0 Å². The van der Waals surface area contributed by atoms with Crippen molar-refractivity contribution in [3.05, 3.63) is 69.7 Å². The molecule has 0 saturated carbocycles. The van der Waals surface area contributed by atoms with E-state index in [0.717, 1.165) is 4.31 Å². The first-order valence-electron chi connectivity index (χ1n) is 8.38. The average Bonchev–Trinajstić information content (AvgIpc) is 2.71. The zero-order valence-corrected chi connectivity index (χ0v) is 18.6. The van der Waals surface area contributed by atoms with Crippen molar-refractivity contribution < 1.29 is 19.4 Å². The van der Waals surface area contributed by atoms with Crippen LogP contribution in [0.4, 0.5) is 16.2 Å². The fourth-order valence-corrected chi connectivity index (χ4v) is 3.38. The van der Waals surface area contributed by atoms with Crippen molar-refractivity contribution in [3.8, 4) is 23.0 Å². The second-order valence-corrected chi connectivity index (χ2v) is 7.57. The number of carbonyl (C=O) groups is 1. The molecule has 2 amide bonds. The Morgan fingerprint density at radius 3 is 2.33 bits per heavy atom. The maximum absolute atomic E-state index is 12.6. The van der Waals surface area contributed by atoms with Gasteiger partial charge in [-0.25, -0.2) is 9.10 Å². The Labute approximate surface area is 193 Å². The summed E-state index contributed by atoms with van der Waals surface area (Å²) in [5, 5.41) is 13.6. The standard InChI is InChI=1S/C20H15Cl3N2O4S/c1-28-13-5-3-12(4-6-13)24-20(27)25(30)16-10-19(17(26)9-14(16)22)29-18-7-2-11(21)8-15(18)23/h2-10,26,30H,1H3,(H,24,27). The minimum atomic E-state index is -0.577. The molecule has 3 aromatic carbocycles. The number of phenols is 1. The van der Waals surface area contributed by atoms with Crippen molar-refractivity contribution in [1.82, 2.24) is 0 Å². The lowest BCUT2D eigenvalue weighted by Gasteiger charge is -2.19. The first-order chi connectivity index (χ1) is 14.3. The summed E-state index contributed by atoms with van der Waals surface area (Å²) in [7, 11) is 1.55. The minimum Gasteiger partial charge on any atom is -0.504 e. The monoisotopic (exact) mass is 484 g/mol. The van der Waals surface area contributed by atoms with E-state index in [1.54, 1.807) is 43.5 Å². The lowest BCUT2D eigenvalue weighted by molar-refractivity contribution is 0.260. The largest absolute Gasteiger partial charge is 0.504 e. The summed E-state index contributed by atoms with van der Waals surface area (Å²) in [5.41, 5.74) is 0.711. The molecular weight excluding hydrogens is 471 g/mol. The number of ether oxygens (including phenoxy) is 2. The molecule has 6 nitrogen and oxygen atoms in total. The molecule has 0 aliphatic rings. The van der Waals surface area contributed by atoms with Crippen LogP contribution in [-0.4, -0.2) is 18.2 Å². The maximum atomic E-state index is 12.6. The van der Waals surface area contributed by atoms with Gasteiger partial charge < -0.3 is 19.9 Å². The second-order valence-electron chi connectivity index (χ2n) is 5.92. The predicted octanol–water partition coefficient (Wildman–Crippen LogP) is 7.04. The van der Waals surface area contributed by atoms with E-state index in [0.29, 0.717) is 16.5 Å². The number of hydrogen-bond donors (Lipinski definition) is 3. The molecule has 3 aromatic rings. The van der Waals surface area contributed by atoms with E-state index in [1.807, 2.05) is 0 Å². The fourth-order valence-electron chi connectivity index (χ4n) is 2.41. The van der Waals surface area contributed by atoms with Crippen LogP contribution in [0.15, 0.2) is 54.6 Å². The number of benzene rings is 3. The number of urea groups is 1. The number of carbonyl (C=O) groups excluding carboxylic acids is 1. The van der Waals surface area contributed by atoms with Crippen LogP contribution >= 0.6 is 47.6 Å². The van der Waals surface area contributed by atoms with Crippen molar-refractivity contribution >= 4 is 65.0 Å². The molecule has 0 atom stereocenters. The van der Waals surface area contributed by atoms with Crippen LogP contribution in [0.3, 0.4) is 0 Å². The van der Waals surface area contributed by atoms with Crippen molar-refractivity contribution in [1.29, 1.82) is 0 Å². The second kappa shape index (κ2) is 9.57. The molecule has 0 heterocycles. The number of rotatable bonds is 5. The molecule has 0 aromatic heterocycles. The molecule has 0 saturated heterocycles. The van der Waals surface area contributed by atoms with Gasteiger partial charge in [0.1, 0.15) is 11.5 Å². The number of nitrogens with one attached hydrogen (secondary N) is 1. The van der Waals surface area contributed by atoms with E-state index in [9.17, 15) is 9.90 Å². The van der Waals surface area contributed by atoms with Gasteiger partial charge in [0.05, 0.1) is 22.8 Å². The van der Waals surface area contributed by atoms with Gasteiger partial charge >= 0.3 is 6.03 Å². The molecule has 3 rings (SSSR count). The maximum Gasteiger partial charge on any atom is 0.336 e. The highest BCUT2D eigenvalue weighted by atomic mass is 35.5. The van der Waals surface area contributed by atoms with E-state index < -0.39 is 6.03 Å². The van der Waals surface area contributed by atoms with Crippen molar-refractivity contribution in [2.24, 2.45) is 0 Å². The van der Waals surface area contributed by atoms with Crippen LogP contribution in [0.2, 0.25) is 15.1 Å². The van der Waals surface area contributed by atoms with Gasteiger partial charge in [-0.15, -0.1) is 0 Å². The molecule has 0 unspecified atom stereocenters. The van der Waals surface area contributed by atoms with E-state index in [2.05, 4.69) is 18.1 Å². The van der Waals surface area contributed by atoms with E-state index in [4.69, 9.17) is 44.3 Å². The van der Waals surface area contributed by atoms with Crippen LogP contribution < -0.4 is 19.1 Å². The molecule has 0 aliphatic heterocycles. The van der Waals surface area contributed by atoms with E-state index in [1.165, 1.54) is 18.2 Å². The third-order valence-corrected chi connectivity index (χ3v) is 5.13. The van der Waals surface area contributed by atoms with Gasteiger partial charge in [-0.1, -0.05) is 47.6 Å². The highest BCUT2D eigenvalue weighted by Gasteiger charge is 2.19. The van der Waals surface area contributed by atoms with Gasteiger partial charge in [0.25, 0.3) is 0 Å². The summed E-state index contributed by atoms with van der Waals surface area (Å²) in [6.07, 6.45) is 0. The van der Waals surface area contributed by atoms with Gasteiger partial charge in [0, 0.05) is 22.8 Å². The summed E-state index contributed by atoms with van der Waals surface area (Å²) in [4.78, 5) is 12.6. The molecule has 0 bridgehead atoms. The zero-order valence-electron chi connectivity index (χ0n) is 15.4. The Bertz CT molecular complexity index is 1080. The molecule has 10 heteroatoms. The van der Waals surface area contributed by atoms with Gasteiger partial charge in [-0.3, -0.25) is 0 Å². The smallest absolute Gasteiger partial charge is 0.336 e. The number of methoxy groups -OCH3 is 1. The number of thiol groups is 1. The Hall–Kier alpha value is -2.45. The van der Waals surface area contributed by atoms with Crippen LogP contribution in [0, 0.1) is 0 Å². The van der Waals surface area contributed by atoms with Gasteiger partial charge in [0.15, 0.2) is 11.5 Å². The van der Waals surface area contributed by atoms with E-state index >= 15 is 0 Å². The highest BCUT2D eigenvalue weighted by Crippen LogP contribution is 2.42. The molecule has 0 fully saturated rings. The van der Waals surface area contributed by atoms with Crippen LogP contribution in [0.5, 0.6) is 23.0 Å². The predicted molar refractivity (Wildman–Crippen MR) is 123 cm³/mol. The first kappa shape index (κ1) is 22.2. The third-order valence-electron chi connectivity index (χ3n) is 3.90. The minimum absolute atomic E-state index is 0.0231. The first-order valence-corrected chi connectivity index (χ1v) is 9.91. The fraction of sp³-hybridized carbons (Fsp3) is 0.0500. The van der Waals surface area contributed by atoms with Crippen molar-refractivity contribution in [2.45, 2.75) is 0 Å². The molecule has 0 radical (unpaired) electrons. The van der Waals surface area contributed by atoms with Crippen LogP contribution in [0.1, 0.15) is 0 Å². The van der Waals surface area contributed by atoms with Crippen LogP contribution in [-0.2, 0) is 0 Å². The number of amides is 2. The summed E-state index contributed by atoms with van der Waals surface area (Å²) in [6.45, 7) is 0. The molecule has 156 valence electrons. The van der Waals surface area contributed by atoms with Gasteiger partial charge in [-0.2, -0.15) is 0 Å². The van der Waals surface area contributed by atoms with Crippen molar-refractivity contribution in [2.75, 3.05) is 16.7 Å². The zero-order chi connectivity index (χ0) is 21.8. The number of aromatic hydroxyl groups is 1. The topological polar surface area (TPSA) is 71.0 Å².